The molecule has 0 aliphatic carbocycles. The molecule has 1 aromatic heterocycles. The minimum absolute atomic E-state index is 0.284. The molecule has 0 radical (unpaired) electrons. The fraction of sp³-hybridized carbons (Fsp3) is 0.364. The van der Waals surface area contributed by atoms with E-state index < -0.39 is 8.07 Å². The molecule has 0 N–H and O–H groups in total. The largest absolute Gasteiger partial charge is 0.256 e. The number of hydrogen-bond donors (Lipinski definition) is 0. The van der Waals surface area contributed by atoms with Gasteiger partial charge < -0.3 is 0 Å². The molecule has 1 aliphatic rings. The van der Waals surface area contributed by atoms with Gasteiger partial charge in [0.1, 0.15) is 8.07 Å². The maximum absolute atomic E-state index is 5.07. The first-order chi connectivity index (χ1) is 16.4. The summed E-state index contributed by atoms with van der Waals surface area (Å²) in [4.78, 5) is 5.07. The fourth-order valence-electron chi connectivity index (χ4n) is 6.29. The average molecular weight is 478 g/mol. The van der Waals surface area contributed by atoms with Gasteiger partial charge in [0.25, 0.3) is 0 Å². The summed E-state index contributed by atoms with van der Waals surface area (Å²) in [5.74, 6) is 0.457. The lowest BCUT2D eigenvalue weighted by molar-refractivity contribution is 0.411. The minimum Gasteiger partial charge on any atom is -0.256 e. The van der Waals surface area contributed by atoms with Gasteiger partial charge in [0.15, 0.2) is 0 Å². The van der Waals surface area contributed by atoms with Crippen molar-refractivity contribution in [1.82, 2.24) is 4.98 Å². The second kappa shape index (κ2) is 8.16. The number of nitrogens with zero attached hydrogens (tertiary/aromatic N) is 1. The molecule has 1 nitrogen and oxygen atoms in total. The number of hydrogen-bond acceptors (Lipinski definition) is 1. The van der Waals surface area contributed by atoms with Gasteiger partial charge in [-0.05, 0) is 98.8 Å². The maximum Gasteiger partial charge on any atom is 0.116 e. The smallest absolute Gasteiger partial charge is 0.116 e. The van der Waals surface area contributed by atoms with E-state index in [0.717, 1.165) is 6.42 Å². The molecule has 180 valence electrons. The lowest BCUT2D eigenvalue weighted by atomic mass is 9.87. The Morgan fingerprint density at radius 2 is 1.63 bits per heavy atom. The predicted molar refractivity (Wildman–Crippen MR) is 156 cm³/mol. The van der Waals surface area contributed by atoms with Gasteiger partial charge in [0, 0.05) is 11.8 Å². The Labute approximate surface area is 212 Å². The van der Waals surface area contributed by atoms with Crippen LogP contribution in [0.15, 0.2) is 54.7 Å². The van der Waals surface area contributed by atoms with E-state index in [1.165, 1.54) is 60.6 Å². The topological polar surface area (TPSA) is 12.9 Å². The fourth-order valence-corrected chi connectivity index (χ4v) is 9.69. The first kappa shape index (κ1) is 24.0. The molecule has 2 heterocycles. The standard InChI is InChI=1S/C33H39NSi/c1-20(2)28-18-25(17-24-15-21(3)14-22(4)30(24)28)31-32-27(12-13-34-31)26-11-10-23(19-33(5,6)7)16-29(26)35(32,8)9/h10-18,20H,19H2,1-9H3. The third-order valence-corrected chi connectivity index (χ3v) is 11.2. The van der Waals surface area contributed by atoms with Crippen molar-refractivity contribution in [2.75, 3.05) is 0 Å². The van der Waals surface area contributed by atoms with Crippen LogP contribution in [0.5, 0.6) is 0 Å². The Morgan fingerprint density at radius 3 is 2.31 bits per heavy atom. The summed E-state index contributed by atoms with van der Waals surface area (Å²) < 4.78 is 0. The van der Waals surface area contributed by atoms with Crippen molar-refractivity contribution in [2.45, 2.75) is 73.9 Å². The molecule has 0 bridgehead atoms. The normalized spacial score (nSPS) is 14.5. The molecule has 2 heteroatoms. The predicted octanol–water partition coefficient (Wildman–Crippen LogP) is 8.03. The zero-order valence-electron chi connectivity index (χ0n) is 22.9. The molecule has 35 heavy (non-hydrogen) atoms. The van der Waals surface area contributed by atoms with E-state index in [0.29, 0.717) is 5.92 Å². The van der Waals surface area contributed by atoms with Crippen molar-refractivity contribution in [3.63, 3.8) is 0 Å². The van der Waals surface area contributed by atoms with Crippen LogP contribution in [0, 0.1) is 19.3 Å². The Hall–Kier alpha value is -2.71. The molecule has 0 fully saturated rings. The SMILES string of the molecule is Cc1cc(C)c2c(C(C)C)cc(-c3nccc4c3[Si](C)(C)c3cc(CC(C)(C)C)ccc3-4)cc2c1. The highest BCUT2D eigenvalue weighted by molar-refractivity contribution is 7.04. The zero-order chi connectivity index (χ0) is 25.3. The monoisotopic (exact) mass is 477 g/mol. The maximum atomic E-state index is 5.07. The van der Waals surface area contributed by atoms with Gasteiger partial charge in [-0.3, -0.25) is 4.98 Å². The molecule has 4 aromatic rings. The highest BCUT2D eigenvalue weighted by Gasteiger charge is 2.40. The van der Waals surface area contributed by atoms with Gasteiger partial charge in [-0.15, -0.1) is 0 Å². The summed E-state index contributed by atoms with van der Waals surface area (Å²) in [5, 5.41) is 5.82. The highest BCUT2D eigenvalue weighted by atomic mass is 28.3. The summed E-state index contributed by atoms with van der Waals surface area (Å²) in [6.07, 6.45) is 3.13. The third-order valence-electron chi connectivity index (χ3n) is 7.67. The molecular formula is C33H39NSi. The van der Waals surface area contributed by atoms with Crippen LogP contribution in [-0.4, -0.2) is 13.1 Å². The first-order valence-electron chi connectivity index (χ1n) is 13.1. The number of pyridine rings is 1. The van der Waals surface area contributed by atoms with E-state index in [1.54, 1.807) is 5.19 Å². The van der Waals surface area contributed by atoms with Crippen LogP contribution < -0.4 is 10.4 Å². The second-order valence-electron chi connectivity index (χ2n) is 12.7. The van der Waals surface area contributed by atoms with Crippen molar-refractivity contribution >= 4 is 29.2 Å². The van der Waals surface area contributed by atoms with Gasteiger partial charge >= 0.3 is 0 Å². The highest BCUT2D eigenvalue weighted by Crippen LogP contribution is 2.37. The summed E-state index contributed by atoms with van der Waals surface area (Å²) in [7, 11) is -1.91. The van der Waals surface area contributed by atoms with Crippen molar-refractivity contribution in [3.05, 3.63) is 77.0 Å². The molecule has 3 aromatic carbocycles. The molecule has 0 unspecified atom stereocenters. The van der Waals surface area contributed by atoms with Crippen molar-refractivity contribution < 1.29 is 0 Å². The van der Waals surface area contributed by atoms with E-state index in [4.69, 9.17) is 4.98 Å². The molecule has 0 saturated carbocycles. The van der Waals surface area contributed by atoms with Gasteiger partial charge in [-0.1, -0.05) is 83.6 Å². The molecular weight excluding hydrogens is 438 g/mol. The summed E-state index contributed by atoms with van der Waals surface area (Å²) in [5.41, 5.74) is 11.1. The lowest BCUT2D eigenvalue weighted by Crippen LogP contribution is -2.50. The van der Waals surface area contributed by atoms with E-state index >= 15 is 0 Å². The Bertz CT molecular complexity index is 1470. The van der Waals surface area contributed by atoms with Crippen molar-refractivity contribution in [2.24, 2.45) is 5.41 Å². The number of fused-ring (bicyclic) bond motifs is 4. The number of aromatic nitrogens is 1. The number of benzene rings is 3. The van der Waals surface area contributed by atoms with Crippen molar-refractivity contribution in [1.29, 1.82) is 0 Å². The van der Waals surface area contributed by atoms with Gasteiger partial charge in [-0.2, -0.15) is 0 Å². The average Bonchev–Trinajstić information content (AvgIpc) is 2.98. The van der Waals surface area contributed by atoms with Gasteiger partial charge in [0.2, 0.25) is 0 Å². The summed E-state index contributed by atoms with van der Waals surface area (Å²) in [6, 6.07) is 19.0. The van der Waals surface area contributed by atoms with E-state index in [9.17, 15) is 0 Å². The molecule has 0 spiro atoms. The van der Waals surface area contributed by atoms with Crippen LogP contribution in [0.25, 0.3) is 33.2 Å². The minimum atomic E-state index is -1.91. The summed E-state index contributed by atoms with van der Waals surface area (Å²) >= 11 is 0. The molecule has 0 atom stereocenters. The van der Waals surface area contributed by atoms with Crippen LogP contribution in [0.3, 0.4) is 0 Å². The van der Waals surface area contributed by atoms with Crippen LogP contribution in [0.4, 0.5) is 0 Å². The second-order valence-corrected chi connectivity index (χ2v) is 17.0. The van der Waals surface area contributed by atoms with Crippen LogP contribution in [-0.2, 0) is 6.42 Å². The number of rotatable bonds is 3. The lowest BCUT2D eigenvalue weighted by Gasteiger charge is -2.24. The Morgan fingerprint density at radius 1 is 0.886 bits per heavy atom. The van der Waals surface area contributed by atoms with Crippen LogP contribution in [0.1, 0.15) is 62.8 Å². The van der Waals surface area contributed by atoms with E-state index in [-0.39, 0.29) is 5.41 Å². The molecule has 0 amide bonds. The van der Waals surface area contributed by atoms with E-state index in [1.807, 2.05) is 6.20 Å². The molecule has 1 aliphatic heterocycles. The van der Waals surface area contributed by atoms with Gasteiger partial charge in [0.05, 0.1) is 5.69 Å². The summed E-state index contributed by atoms with van der Waals surface area (Å²) in [6.45, 7) is 21.1. The zero-order valence-corrected chi connectivity index (χ0v) is 23.9. The first-order valence-corrected chi connectivity index (χ1v) is 16.1. The van der Waals surface area contributed by atoms with Crippen LogP contribution >= 0.6 is 0 Å². The molecule has 0 saturated heterocycles. The third kappa shape index (κ3) is 4.06. The van der Waals surface area contributed by atoms with Gasteiger partial charge in [-0.25, -0.2) is 0 Å². The van der Waals surface area contributed by atoms with Crippen molar-refractivity contribution in [3.8, 4) is 22.4 Å². The quantitative estimate of drug-likeness (QED) is 0.272. The van der Waals surface area contributed by atoms with Crippen LogP contribution in [0.2, 0.25) is 13.1 Å². The Balaban J connectivity index is 1.74. The van der Waals surface area contributed by atoms with E-state index in [2.05, 4.69) is 110 Å². The number of aryl methyl sites for hydroxylation is 2. The molecule has 5 rings (SSSR count). The Kier molecular flexibility index (Phi) is 5.60.